The van der Waals surface area contributed by atoms with Gasteiger partial charge in [0.2, 0.25) is 5.91 Å². The predicted octanol–water partition coefficient (Wildman–Crippen LogP) is 0.994. The Balaban J connectivity index is 1.70. The molecule has 1 heterocycles. The van der Waals surface area contributed by atoms with Crippen LogP contribution in [0.1, 0.15) is 18.1 Å². The van der Waals surface area contributed by atoms with E-state index in [1.54, 1.807) is 0 Å². The third kappa shape index (κ3) is 6.48. The van der Waals surface area contributed by atoms with Crippen LogP contribution in [0, 0.1) is 0 Å². The van der Waals surface area contributed by atoms with Gasteiger partial charge < -0.3 is 15.0 Å². The maximum absolute atomic E-state index is 11.8. The number of hydrogen-bond acceptors (Lipinski definition) is 5. The summed E-state index contributed by atoms with van der Waals surface area (Å²) in [6.45, 7) is 1.90. The number of benzene rings is 1. The second kappa shape index (κ2) is 8.89. The standard InChI is InChI=1S/C16H23N5O2/c1-21(2)10-6-9-17-16(22)11-14-18-15(20-19-14)12-23-13-7-4-3-5-8-13/h3-5,7-8H,6,9-12H2,1-2H3,(H,17,22)(H,18,19,20). The fraction of sp³-hybridized carbons (Fsp3) is 0.438. The molecule has 0 radical (unpaired) electrons. The first-order chi connectivity index (χ1) is 11.1. The van der Waals surface area contributed by atoms with Gasteiger partial charge in [-0.2, -0.15) is 5.10 Å². The molecule has 2 aromatic rings. The van der Waals surface area contributed by atoms with Crippen molar-refractivity contribution in [3.63, 3.8) is 0 Å². The van der Waals surface area contributed by atoms with Crippen LogP contribution in [0.15, 0.2) is 30.3 Å². The van der Waals surface area contributed by atoms with Gasteiger partial charge in [0.25, 0.3) is 0 Å². The number of carbonyl (C=O) groups excluding carboxylic acids is 1. The maximum atomic E-state index is 11.8. The van der Waals surface area contributed by atoms with E-state index in [9.17, 15) is 4.79 Å². The van der Waals surface area contributed by atoms with E-state index in [0.717, 1.165) is 18.7 Å². The quantitative estimate of drug-likeness (QED) is 0.674. The van der Waals surface area contributed by atoms with E-state index in [1.165, 1.54) is 0 Å². The highest BCUT2D eigenvalue weighted by molar-refractivity contribution is 5.77. The SMILES string of the molecule is CN(C)CCCNC(=O)Cc1n[nH]c(COc2ccccc2)n1. The van der Waals surface area contributed by atoms with Gasteiger partial charge in [0, 0.05) is 6.54 Å². The molecule has 7 heteroatoms. The lowest BCUT2D eigenvalue weighted by Crippen LogP contribution is -2.28. The summed E-state index contributed by atoms with van der Waals surface area (Å²) in [6.07, 6.45) is 1.09. The topological polar surface area (TPSA) is 83.1 Å². The number of rotatable bonds is 9. The number of hydrogen-bond donors (Lipinski definition) is 2. The summed E-state index contributed by atoms with van der Waals surface area (Å²) in [7, 11) is 4.02. The average molecular weight is 317 g/mol. The highest BCUT2D eigenvalue weighted by atomic mass is 16.5. The molecule has 0 atom stereocenters. The van der Waals surface area contributed by atoms with Crippen molar-refractivity contribution in [2.45, 2.75) is 19.4 Å². The number of carbonyl (C=O) groups is 1. The summed E-state index contributed by atoms with van der Waals surface area (Å²) in [5, 5.41) is 9.69. The molecular formula is C16H23N5O2. The minimum absolute atomic E-state index is 0.0710. The second-order valence-corrected chi connectivity index (χ2v) is 5.48. The molecule has 0 unspecified atom stereocenters. The largest absolute Gasteiger partial charge is 0.486 e. The first-order valence-corrected chi connectivity index (χ1v) is 7.63. The van der Waals surface area contributed by atoms with Crippen LogP contribution in [-0.4, -0.2) is 53.2 Å². The third-order valence-corrected chi connectivity index (χ3v) is 3.12. The highest BCUT2D eigenvalue weighted by Crippen LogP contribution is 2.09. The molecular weight excluding hydrogens is 294 g/mol. The van der Waals surface area contributed by atoms with Crippen molar-refractivity contribution in [1.29, 1.82) is 0 Å². The Morgan fingerprint density at radius 3 is 2.83 bits per heavy atom. The van der Waals surface area contributed by atoms with Crippen molar-refractivity contribution in [1.82, 2.24) is 25.4 Å². The van der Waals surface area contributed by atoms with Crippen LogP contribution >= 0.6 is 0 Å². The van der Waals surface area contributed by atoms with Gasteiger partial charge in [-0.1, -0.05) is 18.2 Å². The van der Waals surface area contributed by atoms with Crippen molar-refractivity contribution in [2.24, 2.45) is 0 Å². The normalized spacial score (nSPS) is 10.7. The van der Waals surface area contributed by atoms with E-state index >= 15 is 0 Å². The first-order valence-electron chi connectivity index (χ1n) is 7.63. The average Bonchev–Trinajstić information content (AvgIpc) is 2.98. The number of nitrogens with one attached hydrogen (secondary N) is 2. The zero-order valence-corrected chi connectivity index (χ0v) is 13.6. The summed E-state index contributed by atoms with van der Waals surface area (Å²) in [6, 6.07) is 9.48. The van der Waals surface area contributed by atoms with Crippen LogP contribution < -0.4 is 10.1 Å². The van der Waals surface area contributed by atoms with Crippen LogP contribution in [0.2, 0.25) is 0 Å². The summed E-state index contributed by atoms with van der Waals surface area (Å²) >= 11 is 0. The lowest BCUT2D eigenvalue weighted by molar-refractivity contribution is -0.120. The highest BCUT2D eigenvalue weighted by Gasteiger charge is 2.09. The van der Waals surface area contributed by atoms with E-state index in [-0.39, 0.29) is 12.3 Å². The number of H-pyrrole nitrogens is 1. The first kappa shape index (κ1) is 17.0. The molecule has 1 aromatic heterocycles. The molecule has 0 saturated carbocycles. The van der Waals surface area contributed by atoms with Crippen molar-refractivity contribution in [3.8, 4) is 5.75 Å². The van der Waals surface area contributed by atoms with Gasteiger partial charge in [-0.3, -0.25) is 9.89 Å². The number of nitrogens with zero attached hydrogens (tertiary/aromatic N) is 3. The molecule has 2 N–H and O–H groups in total. The van der Waals surface area contributed by atoms with Gasteiger partial charge in [0.1, 0.15) is 12.4 Å². The van der Waals surface area contributed by atoms with Crippen molar-refractivity contribution < 1.29 is 9.53 Å². The molecule has 1 amide bonds. The van der Waals surface area contributed by atoms with Crippen LogP contribution in [0.3, 0.4) is 0 Å². The van der Waals surface area contributed by atoms with Crippen molar-refractivity contribution in [3.05, 3.63) is 42.0 Å². The fourth-order valence-electron chi connectivity index (χ4n) is 1.98. The summed E-state index contributed by atoms with van der Waals surface area (Å²) in [5.74, 6) is 1.77. The minimum atomic E-state index is -0.0710. The minimum Gasteiger partial charge on any atom is -0.486 e. The molecule has 7 nitrogen and oxygen atoms in total. The molecule has 0 fully saturated rings. The van der Waals surface area contributed by atoms with Crippen LogP contribution in [0.25, 0.3) is 0 Å². The van der Waals surface area contributed by atoms with Crippen LogP contribution in [0.4, 0.5) is 0 Å². The van der Waals surface area contributed by atoms with Crippen molar-refractivity contribution in [2.75, 3.05) is 27.2 Å². The van der Waals surface area contributed by atoms with Gasteiger partial charge in [0.05, 0.1) is 6.42 Å². The van der Waals surface area contributed by atoms with E-state index in [2.05, 4.69) is 25.4 Å². The van der Waals surface area contributed by atoms with Crippen LogP contribution in [-0.2, 0) is 17.8 Å². The Kier molecular flexibility index (Phi) is 6.56. The number of aromatic nitrogens is 3. The molecule has 0 aliphatic rings. The van der Waals surface area contributed by atoms with Gasteiger partial charge in [-0.15, -0.1) is 0 Å². The molecule has 0 aliphatic carbocycles. The third-order valence-electron chi connectivity index (χ3n) is 3.12. The number of ether oxygens (including phenoxy) is 1. The Bertz CT molecular complexity index is 598. The molecule has 2 rings (SSSR count). The Morgan fingerprint density at radius 1 is 1.30 bits per heavy atom. The van der Waals surface area contributed by atoms with E-state index in [0.29, 0.717) is 24.8 Å². The number of amides is 1. The van der Waals surface area contributed by atoms with E-state index in [4.69, 9.17) is 4.74 Å². The lowest BCUT2D eigenvalue weighted by atomic mass is 10.3. The number of aromatic amines is 1. The number of para-hydroxylation sites is 1. The molecule has 0 saturated heterocycles. The molecule has 124 valence electrons. The summed E-state index contributed by atoms with van der Waals surface area (Å²) in [4.78, 5) is 18.1. The lowest BCUT2D eigenvalue weighted by Gasteiger charge is -2.09. The van der Waals surface area contributed by atoms with Gasteiger partial charge in [-0.05, 0) is 39.2 Å². The van der Waals surface area contributed by atoms with E-state index < -0.39 is 0 Å². The fourth-order valence-corrected chi connectivity index (χ4v) is 1.98. The predicted molar refractivity (Wildman–Crippen MR) is 87.0 cm³/mol. The monoisotopic (exact) mass is 317 g/mol. The molecule has 23 heavy (non-hydrogen) atoms. The van der Waals surface area contributed by atoms with E-state index in [1.807, 2.05) is 44.4 Å². The maximum Gasteiger partial charge on any atom is 0.227 e. The zero-order valence-electron chi connectivity index (χ0n) is 13.6. The summed E-state index contributed by atoms with van der Waals surface area (Å²) < 4.78 is 5.57. The second-order valence-electron chi connectivity index (χ2n) is 5.48. The zero-order chi connectivity index (χ0) is 16.5. The van der Waals surface area contributed by atoms with Gasteiger partial charge >= 0.3 is 0 Å². The molecule has 1 aromatic carbocycles. The smallest absolute Gasteiger partial charge is 0.227 e. The van der Waals surface area contributed by atoms with Gasteiger partial charge in [-0.25, -0.2) is 4.98 Å². The molecule has 0 spiro atoms. The van der Waals surface area contributed by atoms with Crippen molar-refractivity contribution >= 4 is 5.91 Å². The van der Waals surface area contributed by atoms with Crippen LogP contribution in [0.5, 0.6) is 5.75 Å². The Labute approximate surface area is 136 Å². The molecule has 0 bridgehead atoms. The molecule has 0 aliphatic heterocycles. The Hall–Kier alpha value is -2.41. The Morgan fingerprint density at radius 2 is 2.09 bits per heavy atom. The van der Waals surface area contributed by atoms with Gasteiger partial charge in [0.15, 0.2) is 11.6 Å². The summed E-state index contributed by atoms with van der Waals surface area (Å²) in [5.41, 5.74) is 0.